The number of carbonyl (C=O) groups is 1. The standard InChI is InChI=1S/C22H22N4O2S/c1-25(2)19(20-10-6-12-28-20)15-23-22(27)18-14-17(21-11-7-13-29-21)24-26(18)16-8-4-3-5-9-16/h3-14,19H,15H2,1-2H3,(H,23,27)/t19-/m0/s1. The first-order valence-electron chi connectivity index (χ1n) is 9.31. The second kappa shape index (κ2) is 8.46. The average Bonchev–Trinajstić information content (AvgIpc) is 3.49. The lowest BCUT2D eigenvalue weighted by molar-refractivity contribution is 0.0931. The quantitative estimate of drug-likeness (QED) is 0.499. The summed E-state index contributed by atoms with van der Waals surface area (Å²) in [6, 6.07) is 19.2. The molecule has 0 bridgehead atoms. The fraction of sp³-hybridized carbons (Fsp3) is 0.182. The summed E-state index contributed by atoms with van der Waals surface area (Å²) in [4.78, 5) is 16.1. The van der Waals surface area contributed by atoms with Gasteiger partial charge in [-0.2, -0.15) is 5.10 Å². The zero-order valence-electron chi connectivity index (χ0n) is 16.3. The third-order valence-corrected chi connectivity index (χ3v) is 5.56. The Balaban J connectivity index is 1.62. The maximum absolute atomic E-state index is 13.1. The predicted molar refractivity (Wildman–Crippen MR) is 114 cm³/mol. The molecule has 1 aromatic carbocycles. The van der Waals surface area contributed by atoms with E-state index in [9.17, 15) is 4.79 Å². The predicted octanol–water partition coefficient (Wildman–Crippen LogP) is 4.23. The van der Waals surface area contributed by atoms with Crippen LogP contribution >= 0.6 is 11.3 Å². The third-order valence-electron chi connectivity index (χ3n) is 4.67. The summed E-state index contributed by atoms with van der Waals surface area (Å²) in [5.74, 6) is 0.633. The monoisotopic (exact) mass is 406 g/mol. The lowest BCUT2D eigenvalue weighted by Crippen LogP contribution is -2.35. The van der Waals surface area contributed by atoms with Crippen LogP contribution in [0.5, 0.6) is 0 Å². The smallest absolute Gasteiger partial charge is 0.270 e. The Morgan fingerprint density at radius 3 is 2.66 bits per heavy atom. The van der Waals surface area contributed by atoms with Crippen molar-refractivity contribution in [2.75, 3.05) is 20.6 Å². The van der Waals surface area contributed by atoms with Crippen LogP contribution in [0.25, 0.3) is 16.3 Å². The van der Waals surface area contributed by atoms with Crippen LogP contribution in [-0.2, 0) is 0 Å². The maximum atomic E-state index is 13.1. The van der Waals surface area contributed by atoms with Gasteiger partial charge in [-0.1, -0.05) is 24.3 Å². The summed E-state index contributed by atoms with van der Waals surface area (Å²) in [6.07, 6.45) is 1.64. The summed E-state index contributed by atoms with van der Waals surface area (Å²) in [5, 5.41) is 9.73. The Hall–Kier alpha value is -3.16. The SMILES string of the molecule is CN(C)[C@@H](CNC(=O)c1cc(-c2cccs2)nn1-c1ccccc1)c1ccco1. The van der Waals surface area contributed by atoms with Gasteiger partial charge in [-0.05, 0) is 55.9 Å². The number of aromatic nitrogens is 2. The van der Waals surface area contributed by atoms with Gasteiger partial charge in [0.15, 0.2) is 0 Å². The van der Waals surface area contributed by atoms with Crippen molar-refractivity contribution < 1.29 is 9.21 Å². The van der Waals surface area contributed by atoms with Crippen molar-refractivity contribution in [3.63, 3.8) is 0 Å². The number of nitrogens with one attached hydrogen (secondary N) is 1. The highest BCUT2D eigenvalue weighted by atomic mass is 32.1. The lowest BCUT2D eigenvalue weighted by atomic mass is 10.2. The highest BCUT2D eigenvalue weighted by Gasteiger charge is 2.21. The molecule has 4 aromatic rings. The summed E-state index contributed by atoms with van der Waals surface area (Å²) in [7, 11) is 3.92. The average molecular weight is 407 g/mol. The number of nitrogens with zero attached hydrogens (tertiary/aromatic N) is 3. The van der Waals surface area contributed by atoms with E-state index in [4.69, 9.17) is 9.52 Å². The van der Waals surface area contributed by atoms with E-state index < -0.39 is 0 Å². The fourth-order valence-electron chi connectivity index (χ4n) is 3.15. The van der Waals surface area contributed by atoms with Gasteiger partial charge in [0.05, 0.1) is 22.9 Å². The molecule has 6 nitrogen and oxygen atoms in total. The molecule has 4 rings (SSSR count). The van der Waals surface area contributed by atoms with Gasteiger partial charge in [0.2, 0.25) is 0 Å². The van der Waals surface area contributed by atoms with Crippen molar-refractivity contribution >= 4 is 17.2 Å². The van der Waals surface area contributed by atoms with Crippen molar-refractivity contribution in [3.05, 3.63) is 83.8 Å². The molecule has 0 saturated heterocycles. The number of thiophene rings is 1. The molecule has 0 radical (unpaired) electrons. The first-order valence-corrected chi connectivity index (χ1v) is 10.2. The Morgan fingerprint density at radius 1 is 1.17 bits per heavy atom. The first kappa shape index (κ1) is 19.2. The van der Waals surface area contributed by atoms with Crippen LogP contribution in [0.2, 0.25) is 0 Å². The molecule has 0 aliphatic heterocycles. The van der Waals surface area contributed by atoms with Gasteiger partial charge >= 0.3 is 0 Å². The van der Waals surface area contributed by atoms with Gasteiger partial charge in [0.25, 0.3) is 5.91 Å². The van der Waals surface area contributed by atoms with Crippen LogP contribution in [0.3, 0.4) is 0 Å². The van der Waals surface area contributed by atoms with Crippen LogP contribution in [0.4, 0.5) is 0 Å². The summed E-state index contributed by atoms with van der Waals surface area (Å²) in [5.41, 5.74) is 2.12. The van der Waals surface area contributed by atoms with E-state index >= 15 is 0 Å². The van der Waals surface area contributed by atoms with Gasteiger partial charge in [-0.25, -0.2) is 4.68 Å². The van der Waals surface area contributed by atoms with Crippen LogP contribution in [0, 0.1) is 0 Å². The molecular formula is C22H22N4O2S. The number of amides is 1. The van der Waals surface area contributed by atoms with E-state index in [1.807, 2.05) is 85.0 Å². The fourth-order valence-corrected chi connectivity index (χ4v) is 3.83. The molecule has 0 fully saturated rings. The number of furan rings is 1. The molecule has 0 unspecified atom stereocenters. The zero-order chi connectivity index (χ0) is 20.2. The van der Waals surface area contributed by atoms with Gasteiger partial charge < -0.3 is 9.73 Å². The normalized spacial score (nSPS) is 12.2. The second-order valence-corrected chi connectivity index (χ2v) is 7.79. The molecule has 3 aromatic heterocycles. The molecule has 1 atom stereocenters. The number of hydrogen-bond donors (Lipinski definition) is 1. The number of rotatable bonds is 7. The minimum absolute atomic E-state index is 0.0567. The Kier molecular flexibility index (Phi) is 5.59. The molecule has 0 spiro atoms. The van der Waals surface area contributed by atoms with E-state index in [1.54, 1.807) is 22.3 Å². The molecule has 0 saturated carbocycles. The van der Waals surface area contributed by atoms with Crippen LogP contribution in [0.15, 0.2) is 76.7 Å². The Labute approximate surface area is 173 Å². The largest absolute Gasteiger partial charge is 0.468 e. The number of benzene rings is 1. The van der Waals surface area contributed by atoms with Crippen molar-refractivity contribution in [2.24, 2.45) is 0 Å². The molecule has 29 heavy (non-hydrogen) atoms. The molecule has 0 aliphatic rings. The van der Waals surface area contributed by atoms with Gasteiger partial charge in [0, 0.05) is 6.54 Å². The van der Waals surface area contributed by atoms with E-state index in [1.165, 1.54) is 0 Å². The Morgan fingerprint density at radius 2 is 2.00 bits per heavy atom. The van der Waals surface area contributed by atoms with Gasteiger partial charge in [0.1, 0.15) is 17.1 Å². The molecule has 3 heterocycles. The van der Waals surface area contributed by atoms with Crippen LogP contribution in [-0.4, -0.2) is 41.2 Å². The topological polar surface area (TPSA) is 63.3 Å². The highest BCUT2D eigenvalue weighted by molar-refractivity contribution is 7.13. The van der Waals surface area contributed by atoms with E-state index in [2.05, 4.69) is 5.32 Å². The van der Waals surface area contributed by atoms with E-state index in [0.29, 0.717) is 12.2 Å². The number of likely N-dealkylation sites (N-methyl/N-ethyl adjacent to an activating group) is 1. The van der Waals surface area contributed by atoms with Gasteiger partial charge in [-0.3, -0.25) is 9.69 Å². The lowest BCUT2D eigenvalue weighted by Gasteiger charge is -2.22. The summed E-state index contributed by atoms with van der Waals surface area (Å²) < 4.78 is 7.23. The molecule has 7 heteroatoms. The second-order valence-electron chi connectivity index (χ2n) is 6.84. The van der Waals surface area contributed by atoms with Crippen molar-refractivity contribution in [1.82, 2.24) is 20.0 Å². The molecular weight excluding hydrogens is 384 g/mol. The minimum Gasteiger partial charge on any atom is -0.468 e. The summed E-state index contributed by atoms with van der Waals surface area (Å²) >= 11 is 1.60. The van der Waals surface area contributed by atoms with E-state index in [-0.39, 0.29) is 11.9 Å². The molecule has 1 amide bonds. The zero-order valence-corrected chi connectivity index (χ0v) is 17.1. The Bertz CT molecular complexity index is 1050. The van der Waals surface area contributed by atoms with Gasteiger partial charge in [-0.15, -0.1) is 11.3 Å². The minimum atomic E-state index is -0.178. The molecule has 148 valence electrons. The highest BCUT2D eigenvalue weighted by Crippen LogP contribution is 2.26. The molecule has 0 aliphatic carbocycles. The number of carbonyl (C=O) groups excluding carboxylic acids is 1. The first-order chi connectivity index (χ1) is 14.1. The van der Waals surface area contributed by atoms with Crippen molar-refractivity contribution in [1.29, 1.82) is 0 Å². The van der Waals surface area contributed by atoms with Crippen molar-refractivity contribution in [3.8, 4) is 16.3 Å². The van der Waals surface area contributed by atoms with Crippen molar-refractivity contribution in [2.45, 2.75) is 6.04 Å². The number of para-hydroxylation sites is 1. The van der Waals surface area contributed by atoms with E-state index in [0.717, 1.165) is 22.0 Å². The summed E-state index contributed by atoms with van der Waals surface area (Å²) in [6.45, 7) is 0.424. The maximum Gasteiger partial charge on any atom is 0.270 e. The third kappa shape index (κ3) is 4.16. The van der Waals surface area contributed by atoms with Crippen LogP contribution < -0.4 is 5.32 Å². The molecule has 1 N–H and O–H groups in total. The number of hydrogen-bond acceptors (Lipinski definition) is 5. The van der Waals surface area contributed by atoms with Crippen LogP contribution in [0.1, 0.15) is 22.3 Å².